The van der Waals surface area contributed by atoms with Crippen molar-refractivity contribution in [2.24, 2.45) is 11.8 Å². The van der Waals surface area contributed by atoms with Crippen molar-refractivity contribution in [2.75, 3.05) is 0 Å². The monoisotopic (exact) mass is 158 g/mol. The Kier molecular flexibility index (Phi) is 2.90. The maximum absolute atomic E-state index is 9.28. The molecule has 0 aliphatic carbocycles. The van der Waals surface area contributed by atoms with E-state index in [2.05, 4.69) is 20.8 Å². The molecule has 2 unspecified atom stereocenters. The molecule has 0 aromatic rings. The first kappa shape index (κ1) is 9.01. The molecule has 2 nitrogen and oxygen atoms in total. The summed E-state index contributed by atoms with van der Waals surface area (Å²) in [6.45, 7) is 6.48. The lowest BCUT2D eigenvalue weighted by Gasteiger charge is -2.36. The highest BCUT2D eigenvalue weighted by molar-refractivity contribution is 4.76. The summed E-state index contributed by atoms with van der Waals surface area (Å²) in [6, 6.07) is 0. The highest BCUT2D eigenvalue weighted by Crippen LogP contribution is 2.30. The van der Waals surface area contributed by atoms with Crippen molar-refractivity contribution in [3.05, 3.63) is 0 Å². The van der Waals surface area contributed by atoms with Crippen LogP contribution in [0, 0.1) is 11.8 Å². The predicted octanol–water partition coefficient (Wildman–Crippen LogP) is 1.78. The first-order valence-corrected chi connectivity index (χ1v) is 4.48. The standard InChI is InChI=1S/C9H18O2/c1-4-8-7(3)6(2)5-9(10)11-8/h6-10H,4-5H2,1-3H3/t6-,7-,8?,9?/m1/s1. The van der Waals surface area contributed by atoms with Crippen molar-refractivity contribution in [3.63, 3.8) is 0 Å². The van der Waals surface area contributed by atoms with Crippen molar-refractivity contribution < 1.29 is 9.84 Å². The summed E-state index contributed by atoms with van der Waals surface area (Å²) in [4.78, 5) is 0. The van der Waals surface area contributed by atoms with Gasteiger partial charge in [0.2, 0.25) is 0 Å². The van der Waals surface area contributed by atoms with Crippen molar-refractivity contribution in [2.45, 2.75) is 46.0 Å². The summed E-state index contributed by atoms with van der Waals surface area (Å²) < 4.78 is 5.37. The van der Waals surface area contributed by atoms with Gasteiger partial charge in [-0.25, -0.2) is 0 Å². The molecular weight excluding hydrogens is 140 g/mol. The fourth-order valence-electron chi connectivity index (χ4n) is 1.75. The maximum atomic E-state index is 9.28. The van der Waals surface area contributed by atoms with E-state index >= 15 is 0 Å². The van der Waals surface area contributed by atoms with Crippen LogP contribution in [-0.2, 0) is 4.74 Å². The highest BCUT2D eigenvalue weighted by atomic mass is 16.6. The molecule has 0 aromatic carbocycles. The third-order valence-corrected chi connectivity index (χ3v) is 2.79. The average molecular weight is 158 g/mol. The summed E-state index contributed by atoms with van der Waals surface area (Å²) in [7, 11) is 0. The molecule has 0 amide bonds. The van der Waals surface area contributed by atoms with Crippen LogP contribution in [0.4, 0.5) is 0 Å². The smallest absolute Gasteiger partial charge is 0.155 e. The van der Waals surface area contributed by atoms with Crippen LogP contribution in [0.3, 0.4) is 0 Å². The first-order valence-electron chi connectivity index (χ1n) is 4.48. The van der Waals surface area contributed by atoms with E-state index in [0.29, 0.717) is 11.8 Å². The van der Waals surface area contributed by atoms with Crippen LogP contribution in [-0.4, -0.2) is 17.5 Å². The lowest BCUT2D eigenvalue weighted by molar-refractivity contribution is -0.195. The van der Waals surface area contributed by atoms with Gasteiger partial charge in [-0.3, -0.25) is 0 Å². The second-order valence-electron chi connectivity index (χ2n) is 3.61. The third-order valence-electron chi connectivity index (χ3n) is 2.79. The fraction of sp³-hybridized carbons (Fsp3) is 1.00. The third kappa shape index (κ3) is 1.94. The number of rotatable bonds is 1. The van der Waals surface area contributed by atoms with E-state index in [9.17, 15) is 5.11 Å². The topological polar surface area (TPSA) is 29.5 Å². The van der Waals surface area contributed by atoms with E-state index in [1.165, 1.54) is 0 Å². The Labute approximate surface area is 68.6 Å². The van der Waals surface area contributed by atoms with Gasteiger partial charge in [0.05, 0.1) is 6.10 Å². The van der Waals surface area contributed by atoms with Gasteiger partial charge in [-0.1, -0.05) is 20.8 Å². The van der Waals surface area contributed by atoms with Crippen LogP contribution in [0.25, 0.3) is 0 Å². The molecule has 0 saturated carbocycles. The number of hydrogen-bond acceptors (Lipinski definition) is 2. The van der Waals surface area contributed by atoms with Gasteiger partial charge in [-0.15, -0.1) is 0 Å². The first-order chi connectivity index (χ1) is 5.15. The quantitative estimate of drug-likeness (QED) is 0.630. The molecule has 0 aromatic heterocycles. The normalized spacial score (nSPS) is 45.8. The van der Waals surface area contributed by atoms with Crippen molar-refractivity contribution >= 4 is 0 Å². The van der Waals surface area contributed by atoms with Crippen LogP contribution in [0.5, 0.6) is 0 Å². The largest absolute Gasteiger partial charge is 0.368 e. The van der Waals surface area contributed by atoms with Crippen LogP contribution < -0.4 is 0 Å². The van der Waals surface area contributed by atoms with Gasteiger partial charge in [-0.05, 0) is 18.3 Å². The Balaban J connectivity index is 2.51. The van der Waals surface area contributed by atoms with E-state index < -0.39 is 6.29 Å². The summed E-state index contributed by atoms with van der Waals surface area (Å²) >= 11 is 0. The Bertz CT molecular complexity index is 125. The van der Waals surface area contributed by atoms with Crippen molar-refractivity contribution in [1.29, 1.82) is 0 Å². The number of aliphatic hydroxyl groups excluding tert-OH is 1. The zero-order valence-corrected chi connectivity index (χ0v) is 7.58. The van der Waals surface area contributed by atoms with E-state index in [1.807, 2.05) is 0 Å². The average Bonchev–Trinajstić information content (AvgIpc) is 1.96. The lowest BCUT2D eigenvalue weighted by Crippen LogP contribution is -2.38. The molecule has 1 aliphatic rings. The Morgan fingerprint density at radius 2 is 2.09 bits per heavy atom. The second-order valence-corrected chi connectivity index (χ2v) is 3.61. The molecule has 0 bridgehead atoms. The van der Waals surface area contributed by atoms with Gasteiger partial charge < -0.3 is 9.84 Å². The van der Waals surface area contributed by atoms with Gasteiger partial charge in [0.25, 0.3) is 0 Å². The molecule has 1 heterocycles. The molecule has 1 N–H and O–H groups in total. The number of ether oxygens (including phenoxy) is 1. The van der Waals surface area contributed by atoms with Gasteiger partial charge in [0.1, 0.15) is 0 Å². The Hall–Kier alpha value is -0.0800. The molecule has 11 heavy (non-hydrogen) atoms. The molecule has 1 aliphatic heterocycles. The minimum absolute atomic E-state index is 0.258. The van der Waals surface area contributed by atoms with Crippen LogP contribution in [0.1, 0.15) is 33.6 Å². The minimum atomic E-state index is -0.522. The summed E-state index contributed by atoms with van der Waals surface area (Å²) in [5.41, 5.74) is 0. The molecule has 66 valence electrons. The van der Waals surface area contributed by atoms with Gasteiger partial charge >= 0.3 is 0 Å². The predicted molar refractivity (Wildman–Crippen MR) is 44.1 cm³/mol. The van der Waals surface area contributed by atoms with E-state index in [1.54, 1.807) is 0 Å². The molecular formula is C9H18O2. The van der Waals surface area contributed by atoms with Crippen molar-refractivity contribution in [1.82, 2.24) is 0 Å². The molecule has 1 fully saturated rings. The van der Waals surface area contributed by atoms with E-state index in [0.717, 1.165) is 12.8 Å². The summed E-state index contributed by atoms with van der Waals surface area (Å²) in [5.74, 6) is 1.17. The molecule has 0 radical (unpaired) electrons. The second kappa shape index (κ2) is 3.55. The zero-order chi connectivity index (χ0) is 8.43. The van der Waals surface area contributed by atoms with Crippen LogP contribution in [0.15, 0.2) is 0 Å². The highest BCUT2D eigenvalue weighted by Gasteiger charge is 2.31. The van der Waals surface area contributed by atoms with Crippen LogP contribution in [0.2, 0.25) is 0 Å². The molecule has 0 spiro atoms. The van der Waals surface area contributed by atoms with Gasteiger partial charge in [0, 0.05) is 6.42 Å². The SMILES string of the molecule is CCC1OC(O)C[C@@H](C)[C@H]1C. The van der Waals surface area contributed by atoms with Crippen molar-refractivity contribution in [3.8, 4) is 0 Å². The molecule has 2 heteroatoms. The fourth-order valence-corrected chi connectivity index (χ4v) is 1.75. The van der Waals surface area contributed by atoms with Gasteiger partial charge in [0.15, 0.2) is 6.29 Å². The zero-order valence-electron chi connectivity index (χ0n) is 7.58. The molecule has 1 rings (SSSR count). The van der Waals surface area contributed by atoms with Crippen LogP contribution >= 0.6 is 0 Å². The van der Waals surface area contributed by atoms with Gasteiger partial charge in [-0.2, -0.15) is 0 Å². The van der Waals surface area contributed by atoms with E-state index in [4.69, 9.17) is 4.74 Å². The van der Waals surface area contributed by atoms with E-state index in [-0.39, 0.29) is 6.10 Å². The lowest BCUT2D eigenvalue weighted by atomic mass is 9.84. The Morgan fingerprint density at radius 1 is 1.45 bits per heavy atom. The Morgan fingerprint density at radius 3 is 2.64 bits per heavy atom. The summed E-state index contributed by atoms with van der Waals surface area (Å²) in [6.07, 6.45) is 1.53. The summed E-state index contributed by atoms with van der Waals surface area (Å²) in [5, 5.41) is 9.28. The minimum Gasteiger partial charge on any atom is -0.368 e. The number of hydrogen-bond donors (Lipinski definition) is 1. The molecule has 4 atom stereocenters. The number of aliphatic hydroxyl groups is 1. The maximum Gasteiger partial charge on any atom is 0.155 e. The molecule has 1 saturated heterocycles.